The van der Waals surface area contributed by atoms with Gasteiger partial charge in [0.1, 0.15) is 5.69 Å². The molecule has 0 unspecified atom stereocenters. The molecule has 90 valence electrons. The minimum atomic E-state index is 0.00928. The van der Waals surface area contributed by atoms with Gasteiger partial charge in [-0.15, -0.1) is 11.3 Å². The van der Waals surface area contributed by atoms with Crippen molar-refractivity contribution in [1.29, 1.82) is 0 Å². The molecule has 0 aliphatic carbocycles. The predicted octanol–water partition coefficient (Wildman–Crippen LogP) is 4.03. The number of nitrogens with zero attached hydrogens (tertiary/aromatic N) is 2. The van der Waals surface area contributed by atoms with E-state index in [1.165, 1.54) is 11.3 Å². The zero-order valence-corrected chi connectivity index (χ0v) is 13.3. The summed E-state index contributed by atoms with van der Waals surface area (Å²) in [6, 6.07) is 1.90. The number of carbonyl (C=O) groups excluding carboxylic acids is 1. The van der Waals surface area contributed by atoms with Crippen molar-refractivity contribution < 1.29 is 4.79 Å². The van der Waals surface area contributed by atoms with Crippen molar-refractivity contribution in [3.8, 4) is 0 Å². The fraction of sp³-hybridized carbons (Fsp3) is 0.273. The first-order valence-corrected chi connectivity index (χ1v) is 7.46. The summed E-state index contributed by atoms with van der Waals surface area (Å²) in [5, 5.41) is 4.15. The molecule has 3 nitrogen and oxygen atoms in total. The van der Waals surface area contributed by atoms with Gasteiger partial charge >= 0.3 is 0 Å². The Morgan fingerprint density at radius 3 is 2.76 bits per heavy atom. The van der Waals surface area contributed by atoms with Gasteiger partial charge in [0.05, 0.1) is 19.3 Å². The van der Waals surface area contributed by atoms with Crippen LogP contribution in [0.15, 0.2) is 20.5 Å². The number of carbonyl (C=O) groups is 1. The molecule has 0 aromatic carbocycles. The fourth-order valence-corrected chi connectivity index (χ4v) is 3.47. The maximum absolute atomic E-state index is 12.4. The van der Waals surface area contributed by atoms with E-state index in [4.69, 9.17) is 0 Å². The maximum atomic E-state index is 12.4. The Hall–Kier alpha value is -0.460. The average molecular weight is 378 g/mol. The highest BCUT2D eigenvalue weighted by molar-refractivity contribution is 9.11. The van der Waals surface area contributed by atoms with E-state index in [2.05, 4.69) is 37.0 Å². The summed E-state index contributed by atoms with van der Waals surface area (Å²) in [5.74, 6) is 0.00928. The quantitative estimate of drug-likeness (QED) is 0.757. The topological polar surface area (TPSA) is 34.9 Å². The number of aryl methyl sites for hydroxylation is 2. The molecule has 0 radical (unpaired) electrons. The summed E-state index contributed by atoms with van der Waals surface area (Å²) in [6.07, 6.45) is 1.66. The Morgan fingerprint density at radius 2 is 2.24 bits per heavy atom. The number of rotatable bonds is 3. The molecule has 0 N–H and O–H groups in total. The van der Waals surface area contributed by atoms with E-state index < -0.39 is 0 Å². The van der Waals surface area contributed by atoms with Crippen molar-refractivity contribution in [2.75, 3.05) is 0 Å². The van der Waals surface area contributed by atoms with Crippen LogP contribution in [0.25, 0.3) is 0 Å². The van der Waals surface area contributed by atoms with Gasteiger partial charge in [0.15, 0.2) is 0 Å². The van der Waals surface area contributed by atoms with Gasteiger partial charge in [0.25, 0.3) is 0 Å². The molecule has 0 aliphatic heterocycles. The predicted molar refractivity (Wildman–Crippen MR) is 75.8 cm³/mol. The molecule has 17 heavy (non-hydrogen) atoms. The second kappa shape index (κ2) is 5.04. The summed E-state index contributed by atoms with van der Waals surface area (Å²) in [6.45, 7) is 4.62. The molecule has 0 saturated carbocycles. The molecular formula is C11H10Br2N2OS. The number of hydrogen-bond acceptors (Lipinski definition) is 3. The molecule has 2 heterocycles. The molecule has 0 bridgehead atoms. The van der Waals surface area contributed by atoms with Crippen LogP contribution >= 0.6 is 43.2 Å². The molecule has 0 spiro atoms. The molecule has 0 saturated heterocycles. The Kier molecular flexibility index (Phi) is 3.85. The monoisotopic (exact) mass is 376 g/mol. The second-order valence-electron chi connectivity index (χ2n) is 3.55. The van der Waals surface area contributed by atoms with Crippen LogP contribution in [0.4, 0.5) is 0 Å². The summed E-state index contributed by atoms with van der Waals surface area (Å²) in [7, 11) is 0. The average Bonchev–Trinajstić information content (AvgIpc) is 2.82. The van der Waals surface area contributed by atoms with E-state index in [0.29, 0.717) is 12.2 Å². The van der Waals surface area contributed by atoms with Crippen LogP contribution in [0.3, 0.4) is 0 Å². The van der Waals surface area contributed by atoms with Crippen molar-refractivity contribution in [3.05, 3.63) is 36.7 Å². The van der Waals surface area contributed by atoms with Crippen LogP contribution in [-0.2, 0) is 6.54 Å². The third-order valence-electron chi connectivity index (χ3n) is 2.39. The van der Waals surface area contributed by atoms with Gasteiger partial charge < -0.3 is 0 Å². The van der Waals surface area contributed by atoms with Crippen molar-refractivity contribution in [1.82, 2.24) is 9.78 Å². The Labute approximate surface area is 120 Å². The molecule has 0 amide bonds. The fourth-order valence-electron chi connectivity index (χ4n) is 1.52. The number of aromatic nitrogens is 2. The van der Waals surface area contributed by atoms with Gasteiger partial charge in [-0.05, 0) is 57.3 Å². The Morgan fingerprint density at radius 1 is 1.53 bits per heavy atom. The summed E-state index contributed by atoms with van der Waals surface area (Å²) in [5.41, 5.74) is 1.69. The number of ketones is 1. The largest absolute Gasteiger partial charge is 0.286 e. The normalized spacial score (nSPS) is 10.8. The number of hydrogen-bond donors (Lipinski definition) is 0. The van der Waals surface area contributed by atoms with E-state index >= 15 is 0 Å². The number of thiophene rings is 1. The smallest absolute Gasteiger partial charge is 0.222 e. The molecule has 0 aliphatic rings. The molecule has 0 fully saturated rings. The minimum absolute atomic E-state index is 0.00928. The third kappa shape index (κ3) is 2.39. The minimum Gasteiger partial charge on any atom is -0.286 e. The van der Waals surface area contributed by atoms with Crippen LogP contribution in [0.5, 0.6) is 0 Å². The van der Waals surface area contributed by atoms with Crippen LogP contribution in [0.1, 0.15) is 27.9 Å². The second-order valence-corrected chi connectivity index (χ2v) is 6.78. The van der Waals surface area contributed by atoms with Crippen molar-refractivity contribution >= 4 is 49.0 Å². The highest BCUT2D eigenvalue weighted by Gasteiger charge is 2.20. The van der Waals surface area contributed by atoms with Crippen molar-refractivity contribution in [3.63, 3.8) is 0 Å². The molecule has 2 aromatic heterocycles. The van der Waals surface area contributed by atoms with Crippen LogP contribution in [0, 0.1) is 6.92 Å². The van der Waals surface area contributed by atoms with Gasteiger partial charge in [-0.1, -0.05) is 0 Å². The van der Waals surface area contributed by atoms with Crippen LogP contribution in [0.2, 0.25) is 0 Å². The molecule has 2 aromatic rings. The SMILES string of the molecule is CCn1ncc(Br)c1C(=O)c1cc(C)c(Br)s1. The first-order valence-electron chi connectivity index (χ1n) is 5.06. The van der Waals surface area contributed by atoms with Gasteiger partial charge in [-0.3, -0.25) is 9.48 Å². The number of halogens is 2. The van der Waals surface area contributed by atoms with E-state index in [1.54, 1.807) is 10.9 Å². The Bertz CT molecular complexity index is 555. The van der Waals surface area contributed by atoms with E-state index in [9.17, 15) is 4.79 Å². The van der Waals surface area contributed by atoms with Gasteiger partial charge in [0.2, 0.25) is 5.78 Å². The summed E-state index contributed by atoms with van der Waals surface area (Å²) in [4.78, 5) is 13.1. The van der Waals surface area contributed by atoms with Gasteiger partial charge in [0, 0.05) is 6.54 Å². The zero-order valence-electron chi connectivity index (χ0n) is 9.33. The molecular weight excluding hydrogens is 368 g/mol. The van der Waals surface area contributed by atoms with Crippen molar-refractivity contribution in [2.24, 2.45) is 0 Å². The standard InChI is InChI=1S/C11H10Br2N2OS/c1-3-15-9(7(12)5-14-15)10(16)8-4-6(2)11(13)17-8/h4-5H,3H2,1-2H3. The summed E-state index contributed by atoms with van der Waals surface area (Å²) >= 11 is 8.26. The molecule has 6 heteroatoms. The van der Waals surface area contributed by atoms with Crippen LogP contribution in [-0.4, -0.2) is 15.6 Å². The Balaban J connectivity index is 2.46. The lowest BCUT2D eigenvalue weighted by Gasteiger charge is -2.02. The molecule has 0 atom stereocenters. The van der Waals surface area contributed by atoms with E-state index in [1.807, 2.05) is 19.9 Å². The maximum Gasteiger partial charge on any atom is 0.222 e. The highest BCUT2D eigenvalue weighted by Crippen LogP contribution is 2.30. The molecule has 2 rings (SSSR count). The first-order chi connectivity index (χ1) is 8.04. The lowest BCUT2D eigenvalue weighted by Crippen LogP contribution is -2.10. The highest BCUT2D eigenvalue weighted by atomic mass is 79.9. The summed E-state index contributed by atoms with van der Waals surface area (Å²) < 4.78 is 3.45. The lowest BCUT2D eigenvalue weighted by molar-refractivity contribution is 0.103. The zero-order chi connectivity index (χ0) is 12.6. The van der Waals surface area contributed by atoms with Gasteiger partial charge in [-0.2, -0.15) is 5.10 Å². The van der Waals surface area contributed by atoms with Crippen LogP contribution < -0.4 is 0 Å². The van der Waals surface area contributed by atoms with E-state index in [-0.39, 0.29) is 5.78 Å². The first kappa shape index (κ1) is 13.0. The van der Waals surface area contributed by atoms with E-state index in [0.717, 1.165) is 18.7 Å². The lowest BCUT2D eigenvalue weighted by atomic mass is 10.2. The van der Waals surface area contributed by atoms with Gasteiger partial charge in [-0.25, -0.2) is 0 Å². The third-order valence-corrected chi connectivity index (χ3v) is 5.11. The van der Waals surface area contributed by atoms with Crippen molar-refractivity contribution in [2.45, 2.75) is 20.4 Å².